The Bertz CT molecular complexity index is 807. The summed E-state index contributed by atoms with van der Waals surface area (Å²) >= 11 is 0. The van der Waals surface area contributed by atoms with E-state index in [1.807, 2.05) is 0 Å². The number of rotatable bonds is 5. The summed E-state index contributed by atoms with van der Waals surface area (Å²) < 4.78 is 48.5. The summed E-state index contributed by atoms with van der Waals surface area (Å²) in [7, 11) is 0. The lowest BCUT2D eigenvalue weighted by Crippen LogP contribution is -2.26. The molecule has 138 valence electrons. The van der Waals surface area contributed by atoms with Gasteiger partial charge in [0.05, 0.1) is 11.7 Å². The third-order valence-electron chi connectivity index (χ3n) is 3.94. The summed E-state index contributed by atoms with van der Waals surface area (Å²) in [6.45, 7) is 0.229. The number of amides is 1. The SMILES string of the molecule is O=C(NCCC(O)c1ccc2c(c1)OCO2)c1cccc(C(F)(F)F)c1. The van der Waals surface area contributed by atoms with Gasteiger partial charge >= 0.3 is 6.18 Å². The Morgan fingerprint density at radius 1 is 1.15 bits per heavy atom. The van der Waals surface area contributed by atoms with Crippen LogP contribution in [-0.4, -0.2) is 24.4 Å². The molecule has 0 aliphatic carbocycles. The molecule has 1 unspecified atom stereocenters. The minimum atomic E-state index is -4.51. The molecule has 0 saturated heterocycles. The fourth-order valence-electron chi connectivity index (χ4n) is 2.55. The van der Waals surface area contributed by atoms with Crippen LogP contribution in [0.25, 0.3) is 0 Å². The molecule has 0 aromatic heterocycles. The van der Waals surface area contributed by atoms with Gasteiger partial charge in [0.2, 0.25) is 6.79 Å². The molecular formula is C18H16F3NO4. The van der Waals surface area contributed by atoms with E-state index in [1.54, 1.807) is 18.2 Å². The van der Waals surface area contributed by atoms with Gasteiger partial charge in [0.1, 0.15) is 0 Å². The molecule has 1 atom stereocenters. The zero-order valence-electron chi connectivity index (χ0n) is 13.5. The Morgan fingerprint density at radius 2 is 1.92 bits per heavy atom. The Labute approximate surface area is 147 Å². The van der Waals surface area contributed by atoms with E-state index >= 15 is 0 Å². The van der Waals surface area contributed by atoms with Crippen LogP contribution in [0.3, 0.4) is 0 Å². The van der Waals surface area contributed by atoms with E-state index in [2.05, 4.69) is 5.32 Å². The number of ether oxygens (including phenoxy) is 2. The molecular weight excluding hydrogens is 351 g/mol. The van der Waals surface area contributed by atoms with Crippen LogP contribution in [-0.2, 0) is 6.18 Å². The van der Waals surface area contributed by atoms with E-state index in [4.69, 9.17) is 9.47 Å². The Hall–Kier alpha value is -2.74. The summed E-state index contributed by atoms with van der Waals surface area (Å²) in [4.78, 5) is 12.0. The quantitative estimate of drug-likeness (QED) is 0.851. The number of aliphatic hydroxyl groups excluding tert-OH is 1. The first-order valence-corrected chi connectivity index (χ1v) is 7.87. The van der Waals surface area contributed by atoms with Crippen LogP contribution in [0.2, 0.25) is 0 Å². The first-order valence-electron chi connectivity index (χ1n) is 7.87. The Balaban J connectivity index is 1.55. The smallest absolute Gasteiger partial charge is 0.416 e. The maximum absolute atomic E-state index is 12.7. The number of alkyl halides is 3. The van der Waals surface area contributed by atoms with E-state index < -0.39 is 23.8 Å². The maximum Gasteiger partial charge on any atom is 0.416 e. The highest BCUT2D eigenvalue weighted by Gasteiger charge is 2.30. The normalized spacial score (nSPS) is 14.2. The molecule has 26 heavy (non-hydrogen) atoms. The van der Waals surface area contributed by atoms with E-state index in [0.29, 0.717) is 17.1 Å². The molecule has 0 bridgehead atoms. The van der Waals surface area contributed by atoms with E-state index in [-0.39, 0.29) is 25.3 Å². The third-order valence-corrected chi connectivity index (χ3v) is 3.94. The third kappa shape index (κ3) is 4.08. The number of aliphatic hydroxyl groups is 1. The van der Waals surface area contributed by atoms with Gasteiger partial charge in [-0.05, 0) is 42.3 Å². The minimum Gasteiger partial charge on any atom is -0.454 e. The van der Waals surface area contributed by atoms with Gasteiger partial charge in [-0.1, -0.05) is 12.1 Å². The topological polar surface area (TPSA) is 67.8 Å². The number of halogens is 3. The Morgan fingerprint density at radius 3 is 2.69 bits per heavy atom. The van der Waals surface area contributed by atoms with Crippen LogP contribution < -0.4 is 14.8 Å². The average Bonchev–Trinajstić information content (AvgIpc) is 3.08. The minimum absolute atomic E-state index is 0.0857. The summed E-state index contributed by atoms with van der Waals surface area (Å²) in [5.74, 6) is 0.502. The van der Waals surface area contributed by atoms with Crippen LogP contribution in [0.15, 0.2) is 42.5 Å². The van der Waals surface area contributed by atoms with Gasteiger partial charge in [-0.15, -0.1) is 0 Å². The molecule has 1 aliphatic heterocycles. The lowest BCUT2D eigenvalue weighted by atomic mass is 10.1. The predicted molar refractivity (Wildman–Crippen MR) is 85.9 cm³/mol. The van der Waals surface area contributed by atoms with Crippen molar-refractivity contribution < 1.29 is 32.5 Å². The van der Waals surface area contributed by atoms with E-state index in [0.717, 1.165) is 12.1 Å². The number of benzene rings is 2. The number of carbonyl (C=O) groups is 1. The molecule has 2 aromatic carbocycles. The maximum atomic E-state index is 12.7. The molecule has 2 aromatic rings. The summed E-state index contributed by atoms with van der Waals surface area (Å²) in [6.07, 6.45) is -5.16. The van der Waals surface area contributed by atoms with Crippen molar-refractivity contribution in [2.24, 2.45) is 0 Å². The summed E-state index contributed by atoms with van der Waals surface area (Å²) in [6, 6.07) is 9.21. The largest absolute Gasteiger partial charge is 0.454 e. The lowest BCUT2D eigenvalue weighted by molar-refractivity contribution is -0.137. The fourth-order valence-corrected chi connectivity index (χ4v) is 2.55. The number of fused-ring (bicyclic) bond motifs is 1. The van der Waals surface area contributed by atoms with Gasteiger partial charge in [0.25, 0.3) is 5.91 Å². The summed E-state index contributed by atoms with van der Waals surface area (Å²) in [5, 5.41) is 12.7. The van der Waals surface area contributed by atoms with Gasteiger partial charge in [0, 0.05) is 12.1 Å². The van der Waals surface area contributed by atoms with Crippen LogP contribution in [0.4, 0.5) is 13.2 Å². The van der Waals surface area contributed by atoms with Crippen molar-refractivity contribution in [3.63, 3.8) is 0 Å². The molecule has 8 heteroatoms. The molecule has 0 radical (unpaired) electrons. The molecule has 1 amide bonds. The monoisotopic (exact) mass is 367 g/mol. The number of carbonyl (C=O) groups excluding carboxylic acids is 1. The molecule has 0 saturated carbocycles. The molecule has 5 nitrogen and oxygen atoms in total. The average molecular weight is 367 g/mol. The molecule has 2 N–H and O–H groups in total. The van der Waals surface area contributed by atoms with Crippen molar-refractivity contribution in [2.75, 3.05) is 13.3 Å². The zero-order chi connectivity index (χ0) is 18.7. The second-order valence-corrected chi connectivity index (χ2v) is 5.75. The zero-order valence-corrected chi connectivity index (χ0v) is 13.5. The van der Waals surface area contributed by atoms with Crippen molar-refractivity contribution >= 4 is 5.91 Å². The summed E-state index contributed by atoms with van der Waals surface area (Å²) in [5.41, 5.74) is -0.370. The first kappa shape index (κ1) is 18.1. The standard InChI is InChI=1S/C18H16F3NO4/c19-18(20,21)13-3-1-2-12(8-13)17(24)22-7-6-14(23)11-4-5-15-16(9-11)26-10-25-15/h1-5,8-9,14,23H,6-7,10H2,(H,22,24). The van der Waals surface area contributed by atoms with Crippen LogP contribution in [0.5, 0.6) is 11.5 Å². The van der Waals surface area contributed by atoms with Crippen molar-refractivity contribution in [1.82, 2.24) is 5.32 Å². The van der Waals surface area contributed by atoms with Gasteiger partial charge in [-0.2, -0.15) is 13.2 Å². The van der Waals surface area contributed by atoms with E-state index in [9.17, 15) is 23.1 Å². The molecule has 0 fully saturated rings. The first-order chi connectivity index (χ1) is 12.3. The second kappa shape index (κ2) is 7.25. The Kier molecular flexibility index (Phi) is 5.03. The highest BCUT2D eigenvalue weighted by molar-refractivity contribution is 5.94. The lowest BCUT2D eigenvalue weighted by Gasteiger charge is -2.13. The fraction of sp³-hybridized carbons (Fsp3) is 0.278. The molecule has 3 rings (SSSR count). The number of hydrogen-bond donors (Lipinski definition) is 2. The molecule has 1 heterocycles. The second-order valence-electron chi connectivity index (χ2n) is 5.75. The predicted octanol–water partition coefficient (Wildman–Crippen LogP) is 3.29. The molecule has 0 spiro atoms. The highest BCUT2D eigenvalue weighted by atomic mass is 19.4. The molecule has 1 aliphatic rings. The highest BCUT2D eigenvalue weighted by Crippen LogP contribution is 2.34. The van der Waals surface area contributed by atoms with Crippen LogP contribution >= 0.6 is 0 Å². The van der Waals surface area contributed by atoms with Gasteiger partial charge in [-0.25, -0.2) is 0 Å². The van der Waals surface area contributed by atoms with E-state index in [1.165, 1.54) is 12.1 Å². The van der Waals surface area contributed by atoms with Crippen LogP contribution in [0, 0.1) is 0 Å². The number of hydrogen-bond acceptors (Lipinski definition) is 4. The van der Waals surface area contributed by atoms with Gasteiger partial charge < -0.3 is 19.9 Å². The van der Waals surface area contributed by atoms with Gasteiger partial charge in [0.15, 0.2) is 11.5 Å². The van der Waals surface area contributed by atoms with Crippen molar-refractivity contribution in [3.8, 4) is 11.5 Å². The van der Waals surface area contributed by atoms with Crippen molar-refractivity contribution in [3.05, 3.63) is 59.2 Å². The van der Waals surface area contributed by atoms with Gasteiger partial charge in [-0.3, -0.25) is 4.79 Å². The number of nitrogens with one attached hydrogen (secondary N) is 1. The van der Waals surface area contributed by atoms with Crippen LogP contribution in [0.1, 0.15) is 34.0 Å². The van der Waals surface area contributed by atoms with Crippen molar-refractivity contribution in [1.29, 1.82) is 0 Å². The van der Waals surface area contributed by atoms with Crippen molar-refractivity contribution in [2.45, 2.75) is 18.7 Å².